The molecule has 5 rings (SSSR count). The highest BCUT2D eigenvalue weighted by Gasteiger charge is 2.26. The van der Waals surface area contributed by atoms with Gasteiger partial charge >= 0.3 is 0 Å². The third-order valence-corrected chi connectivity index (χ3v) is 5.89. The molecule has 1 aliphatic carbocycles. The number of amides is 1. The van der Waals surface area contributed by atoms with Crippen molar-refractivity contribution in [2.45, 2.75) is 31.7 Å². The van der Waals surface area contributed by atoms with E-state index in [1.54, 1.807) is 36.0 Å². The van der Waals surface area contributed by atoms with Crippen LogP contribution in [0.4, 0.5) is 10.2 Å². The molecule has 0 radical (unpaired) electrons. The number of hydrogen-bond acceptors (Lipinski definition) is 8. The number of nitrogens with zero attached hydrogens (tertiary/aromatic N) is 7. The molecule has 0 saturated heterocycles. The van der Waals surface area contributed by atoms with Gasteiger partial charge in [-0.25, -0.2) is 19.0 Å². The highest BCUT2D eigenvalue weighted by atomic mass is 19.1. The van der Waals surface area contributed by atoms with Gasteiger partial charge in [0, 0.05) is 12.1 Å². The van der Waals surface area contributed by atoms with E-state index in [1.165, 1.54) is 16.8 Å². The number of hydrogen-bond donors (Lipinski definition) is 3. The molecule has 180 valence electrons. The summed E-state index contributed by atoms with van der Waals surface area (Å²) < 4.78 is 17.8. The molecule has 1 fully saturated rings. The Morgan fingerprint density at radius 2 is 2.06 bits per heavy atom. The summed E-state index contributed by atoms with van der Waals surface area (Å²) in [5.74, 6) is -0.486. The number of rotatable bonds is 8. The standard InChI is InChI=1S/C23H23FN8O3/c1-13-7-17(24)16(8-20(13)31-9-19(25-12-31)14-5-6-14)23(35)27-21-4-2-3-18(26-21)22-28-29-30-32(22)15(10-33)11-34/h2-4,7-9,12,14-15,33-34H,5-6,10-11H2,1H3,(H,26,27,35). The van der Waals surface area contributed by atoms with Gasteiger partial charge in [0.15, 0.2) is 0 Å². The van der Waals surface area contributed by atoms with E-state index < -0.39 is 17.8 Å². The number of halogens is 1. The van der Waals surface area contributed by atoms with Crippen LogP contribution in [0.3, 0.4) is 0 Å². The first-order valence-electron chi connectivity index (χ1n) is 11.1. The van der Waals surface area contributed by atoms with Crippen LogP contribution in [-0.2, 0) is 0 Å². The predicted molar refractivity (Wildman–Crippen MR) is 122 cm³/mol. The fourth-order valence-corrected chi connectivity index (χ4v) is 3.81. The number of benzene rings is 1. The first-order chi connectivity index (χ1) is 17.0. The van der Waals surface area contributed by atoms with Gasteiger partial charge in [-0.1, -0.05) is 6.07 Å². The van der Waals surface area contributed by atoms with Crippen molar-refractivity contribution in [3.8, 4) is 17.2 Å². The highest BCUT2D eigenvalue weighted by molar-refractivity contribution is 6.04. The quantitative estimate of drug-likeness (QED) is 0.349. The van der Waals surface area contributed by atoms with E-state index in [0.29, 0.717) is 22.9 Å². The van der Waals surface area contributed by atoms with Gasteiger partial charge in [0.05, 0.1) is 36.5 Å². The van der Waals surface area contributed by atoms with E-state index in [-0.39, 0.29) is 30.4 Å². The number of imidazole rings is 1. The van der Waals surface area contributed by atoms with Crippen LogP contribution in [0.25, 0.3) is 17.2 Å². The number of tetrazole rings is 1. The van der Waals surface area contributed by atoms with Crippen LogP contribution in [0.15, 0.2) is 42.9 Å². The second-order valence-corrected chi connectivity index (χ2v) is 8.43. The zero-order chi connectivity index (χ0) is 24.5. The van der Waals surface area contributed by atoms with Crippen LogP contribution in [-0.4, -0.2) is 64.1 Å². The van der Waals surface area contributed by atoms with Gasteiger partial charge < -0.3 is 20.1 Å². The summed E-state index contributed by atoms with van der Waals surface area (Å²) in [7, 11) is 0. The average molecular weight is 478 g/mol. The molecule has 1 saturated carbocycles. The Kier molecular flexibility index (Phi) is 6.05. The van der Waals surface area contributed by atoms with E-state index in [9.17, 15) is 19.4 Å². The zero-order valence-corrected chi connectivity index (χ0v) is 18.8. The van der Waals surface area contributed by atoms with Crippen LogP contribution in [0.5, 0.6) is 0 Å². The molecule has 4 aromatic rings. The smallest absolute Gasteiger partial charge is 0.259 e. The molecule has 0 atom stereocenters. The van der Waals surface area contributed by atoms with Gasteiger partial charge in [0.1, 0.15) is 23.4 Å². The minimum atomic E-state index is -0.747. The van der Waals surface area contributed by atoms with Crippen molar-refractivity contribution in [3.63, 3.8) is 0 Å². The van der Waals surface area contributed by atoms with Crippen molar-refractivity contribution in [1.29, 1.82) is 0 Å². The lowest BCUT2D eigenvalue weighted by Gasteiger charge is -2.13. The Morgan fingerprint density at radius 3 is 2.80 bits per heavy atom. The number of aliphatic hydroxyl groups is 2. The van der Waals surface area contributed by atoms with Gasteiger partial charge in [-0.05, 0) is 60.0 Å². The second kappa shape index (κ2) is 9.31. The second-order valence-electron chi connectivity index (χ2n) is 8.43. The molecule has 0 bridgehead atoms. The molecular formula is C23H23FN8O3. The summed E-state index contributed by atoms with van der Waals surface area (Å²) in [6.45, 7) is 1.02. The predicted octanol–water partition coefficient (Wildman–Crippen LogP) is 2.02. The van der Waals surface area contributed by atoms with E-state index >= 15 is 0 Å². The first-order valence-corrected chi connectivity index (χ1v) is 11.1. The molecule has 0 spiro atoms. The van der Waals surface area contributed by atoms with Gasteiger partial charge in [0.2, 0.25) is 5.82 Å². The van der Waals surface area contributed by atoms with Crippen LogP contribution in [0.2, 0.25) is 0 Å². The number of carbonyl (C=O) groups excluding carboxylic acids is 1. The topological polar surface area (TPSA) is 144 Å². The van der Waals surface area contributed by atoms with E-state index in [1.807, 2.05) is 6.20 Å². The van der Waals surface area contributed by atoms with Crippen molar-refractivity contribution in [2.75, 3.05) is 18.5 Å². The molecule has 35 heavy (non-hydrogen) atoms. The van der Waals surface area contributed by atoms with Crippen LogP contribution >= 0.6 is 0 Å². The molecule has 0 aliphatic heterocycles. The Labute approximate surface area is 199 Å². The molecule has 11 nitrogen and oxygen atoms in total. The fraction of sp³-hybridized carbons (Fsp3) is 0.304. The molecule has 1 aromatic carbocycles. The van der Waals surface area contributed by atoms with Crippen molar-refractivity contribution in [3.05, 3.63) is 65.5 Å². The Hall–Kier alpha value is -4.03. The third kappa shape index (κ3) is 4.53. The maximum atomic E-state index is 14.8. The maximum absolute atomic E-state index is 14.8. The molecular weight excluding hydrogens is 455 g/mol. The summed E-state index contributed by atoms with van der Waals surface area (Å²) in [4.78, 5) is 21.8. The molecule has 1 aliphatic rings. The lowest BCUT2D eigenvalue weighted by Crippen LogP contribution is -2.20. The normalized spacial score (nSPS) is 13.4. The summed E-state index contributed by atoms with van der Waals surface area (Å²) >= 11 is 0. The summed E-state index contributed by atoms with van der Waals surface area (Å²) in [6.07, 6.45) is 5.83. The lowest BCUT2D eigenvalue weighted by molar-refractivity contribution is 0.102. The van der Waals surface area contributed by atoms with Crippen LogP contribution < -0.4 is 5.32 Å². The van der Waals surface area contributed by atoms with E-state index in [2.05, 4.69) is 30.8 Å². The number of aromatic nitrogens is 7. The maximum Gasteiger partial charge on any atom is 0.259 e. The summed E-state index contributed by atoms with van der Waals surface area (Å²) in [6, 6.07) is 6.87. The van der Waals surface area contributed by atoms with E-state index in [0.717, 1.165) is 18.5 Å². The van der Waals surface area contributed by atoms with Crippen LogP contribution in [0, 0.1) is 12.7 Å². The summed E-state index contributed by atoms with van der Waals surface area (Å²) in [5, 5.41) is 32.8. The van der Waals surface area contributed by atoms with Crippen molar-refractivity contribution in [2.24, 2.45) is 0 Å². The lowest BCUT2D eigenvalue weighted by atomic mass is 10.1. The minimum Gasteiger partial charge on any atom is -0.394 e. The number of carbonyl (C=O) groups is 1. The van der Waals surface area contributed by atoms with E-state index in [4.69, 9.17) is 0 Å². The number of aryl methyl sites for hydroxylation is 1. The average Bonchev–Trinajstić information content (AvgIpc) is 3.38. The van der Waals surface area contributed by atoms with Gasteiger partial charge in [0.25, 0.3) is 5.91 Å². The van der Waals surface area contributed by atoms with Gasteiger partial charge in [-0.3, -0.25) is 4.79 Å². The molecule has 3 aromatic heterocycles. The van der Waals surface area contributed by atoms with Crippen molar-refractivity contribution in [1.82, 2.24) is 34.7 Å². The Balaban J connectivity index is 1.41. The minimum absolute atomic E-state index is 0.134. The number of pyridine rings is 1. The molecule has 12 heteroatoms. The SMILES string of the molecule is Cc1cc(F)c(C(=O)Nc2cccc(-c3nnnn3C(CO)CO)n2)cc1-n1cnc(C2CC2)c1. The van der Waals surface area contributed by atoms with Gasteiger partial charge in [-0.2, -0.15) is 0 Å². The highest BCUT2D eigenvalue weighted by Crippen LogP contribution is 2.39. The number of nitrogens with one attached hydrogen (secondary N) is 1. The number of anilines is 1. The molecule has 1 amide bonds. The Morgan fingerprint density at radius 1 is 1.26 bits per heavy atom. The Bertz CT molecular complexity index is 1380. The molecule has 3 heterocycles. The van der Waals surface area contributed by atoms with Gasteiger partial charge in [-0.15, -0.1) is 5.10 Å². The van der Waals surface area contributed by atoms with Crippen molar-refractivity contribution >= 4 is 11.7 Å². The third-order valence-electron chi connectivity index (χ3n) is 5.89. The number of aliphatic hydroxyl groups excluding tert-OH is 2. The monoisotopic (exact) mass is 478 g/mol. The summed E-state index contributed by atoms with van der Waals surface area (Å²) in [5.41, 5.74) is 2.50. The largest absolute Gasteiger partial charge is 0.394 e. The first kappa shape index (κ1) is 22.7. The zero-order valence-electron chi connectivity index (χ0n) is 18.8. The van der Waals surface area contributed by atoms with Crippen LogP contribution in [0.1, 0.15) is 46.4 Å². The van der Waals surface area contributed by atoms with Crippen molar-refractivity contribution < 1.29 is 19.4 Å². The molecule has 3 N–H and O–H groups in total. The molecule has 0 unspecified atom stereocenters. The fourth-order valence-electron chi connectivity index (χ4n) is 3.81.